The second kappa shape index (κ2) is 8.26. The summed E-state index contributed by atoms with van der Waals surface area (Å²) >= 11 is 0. The molecule has 0 unspecified atom stereocenters. The summed E-state index contributed by atoms with van der Waals surface area (Å²) < 4.78 is 55.3. The molecule has 0 amide bonds. The third-order valence-electron chi connectivity index (χ3n) is 5.89. The molecular formula is C22H26N2O4S2. The fourth-order valence-corrected chi connectivity index (χ4v) is 7.47. The van der Waals surface area contributed by atoms with Crippen LogP contribution in [0.15, 0.2) is 71.0 Å². The average molecular weight is 447 g/mol. The van der Waals surface area contributed by atoms with Gasteiger partial charge in [0.05, 0.1) is 15.8 Å². The van der Waals surface area contributed by atoms with Crippen LogP contribution in [0.25, 0.3) is 0 Å². The lowest BCUT2D eigenvalue weighted by Crippen LogP contribution is -2.34. The number of sulfonamides is 2. The molecule has 8 heteroatoms. The first kappa shape index (κ1) is 21.2. The van der Waals surface area contributed by atoms with Crippen LogP contribution in [-0.4, -0.2) is 45.1 Å². The van der Waals surface area contributed by atoms with Gasteiger partial charge in [-0.05, 0) is 61.1 Å². The third-order valence-corrected chi connectivity index (χ3v) is 9.69. The van der Waals surface area contributed by atoms with E-state index in [-0.39, 0.29) is 22.4 Å². The van der Waals surface area contributed by atoms with E-state index in [4.69, 9.17) is 0 Å². The molecule has 0 saturated carbocycles. The molecule has 30 heavy (non-hydrogen) atoms. The molecule has 4 rings (SSSR count). The first-order valence-electron chi connectivity index (χ1n) is 10.2. The highest BCUT2D eigenvalue weighted by Gasteiger charge is 2.36. The zero-order chi connectivity index (χ0) is 21.4. The van der Waals surface area contributed by atoms with E-state index in [9.17, 15) is 16.8 Å². The van der Waals surface area contributed by atoms with Crippen LogP contribution in [0.4, 0.5) is 0 Å². The minimum atomic E-state index is -3.82. The van der Waals surface area contributed by atoms with Gasteiger partial charge in [-0.3, -0.25) is 0 Å². The predicted molar refractivity (Wildman–Crippen MR) is 116 cm³/mol. The maximum atomic E-state index is 13.5. The van der Waals surface area contributed by atoms with Crippen molar-refractivity contribution in [3.63, 3.8) is 0 Å². The quantitative estimate of drug-likeness (QED) is 0.612. The molecule has 1 heterocycles. The van der Waals surface area contributed by atoms with Crippen molar-refractivity contribution in [1.29, 1.82) is 0 Å². The summed E-state index contributed by atoms with van der Waals surface area (Å²) in [5.41, 5.74) is 2.19. The van der Waals surface area contributed by atoms with Crippen molar-refractivity contribution in [3.8, 4) is 0 Å². The monoisotopic (exact) mass is 446 g/mol. The van der Waals surface area contributed by atoms with Crippen LogP contribution in [0.3, 0.4) is 0 Å². The molecule has 0 spiro atoms. The maximum absolute atomic E-state index is 13.5. The normalized spacial score (nSPS) is 19.8. The Hall–Kier alpha value is -2.00. The predicted octanol–water partition coefficient (Wildman–Crippen LogP) is 3.34. The van der Waals surface area contributed by atoms with Gasteiger partial charge in [-0.1, -0.05) is 30.3 Å². The van der Waals surface area contributed by atoms with E-state index in [0.29, 0.717) is 19.5 Å². The molecule has 0 bridgehead atoms. The van der Waals surface area contributed by atoms with E-state index in [1.165, 1.54) is 38.4 Å². The van der Waals surface area contributed by atoms with E-state index >= 15 is 0 Å². The lowest BCUT2D eigenvalue weighted by Gasteiger charge is -2.28. The molecular weight excluding hydrogens is 420 g/mol. The van der Waals surface area contributed by atoms with Crippen LogP contribution < -0.4 is 0 Å². The van der Waals surface area contributed by atoms with Crippen LogP contribution in [0.1, 0.15) is 36.4 Å². The second-order valence-electron chi connectivity index (χ2n) is 7.70. The van der Waals surface area contributed by atoms with E-state index < -0.39 is 20.0 Å². The number of fused-ring (bicyclic) bond motifs is 1. The maximum Gasteiger partial charge on any atom is 0.243 e. The number of hydrogen-bond donors (Lipinski definition) is 0. The number of aryl methyl sites for hydroxylation is 1. The van der Waals surface area contributed by atoms with Gasteiger partial charge < -0.3 is 0 Å². The molecule has 160 valence electrons. The minimum Gasteiger partial charge on any atom is -0.207 e. The Morgan fingerprint density at radius 3 is 2.27 bits per heavy atom. The Morgan fingerprint density at radius 2 is 1.60 bits per heavy atom. The van der Waals surface area contributed by atoms with Gasteiger partial charge in [-0.2, -0.15) is 8.61 Å². The molecule has 2 aliphatic rings. The highest BCUT2D eigenvalue weighted by molar-refractivity contribution is 7.89. The summed E-state index contributed by atoms with van der Waals surface area (Å²) in [6, 6.07) is 13.2. The summed E-state index contributed by atoms with van der Waals surface area (Å²) in [4.78, 5) is 0.221. The summed E-state index contributed by atoms with van der Waals surface area (Å²) in [5.74, 6) is 0. The second-order valence-corrected chi connectivity index (χ2v) is 11.5. The zero-order valence-corrected chi connectivity index (χ0v) is 18.4. The topological polar surface area (TPSA) is 74.8 Å². The molecule has 2 aromatic carbocycles. The van der Waals surface area contributed by atoms with Crippen molar-refractivity contribution < 1.29 is 16.8 Å². The van der Waals surface area contributed by atoms with Gasteiger partial charge in [0.25, 0.3) is 0 Å². The number of benzene rings is 2. The molecule has 2 aromatic rings. The largest absolute Gasteiger partial charge is 0.243 e. The van der Waals surface area contributed by atoms with Crippen LogP contribution >= 0.6 is 0 Å². The lowest BCUT2D eigenvalue weighted by molar-refractivity contribution is 0.348. The molecule has 1 fully saturated rings. The standard InChI is InChI=1S/C22H26N2O4S2/c1-2-15-24(22-14-9-18-7-3-4-8-21(18)22)30(27,28)20-12-10-19(11-13-20)29(25,26)23-16-5-6-17-23/h2-4,7-8,10-13,22H,1,5-6,9,14-17H2/t22-/m0/s1. The molecule has 1 atom stereocenters. The Kier molecular flexibility index (Phi) is 5.85. The first-order chi connectivity index (χ1) is 14.4. The summed E-state index contributed by atoms with van der Waals surface area (Å²) in [5, 5.41) is 0. The smallest absolute Gasteiger partial charge is 0.207 e. The molecule has 6 nitrogen and oxygen atoms in total. The number of nitrogens with zero attached hydrogens (tertiary/aromatic N) is 2. The van der Waals surface area contributed by atoms with Crippen LogP contribution in [0.5, 0.6) is 0 Å². The van der Waals surface area contributed by atoms with Crippen molar-refractivity contribution in [1.82, 2.24) is 8.61 Å². The summed E-state index contributed by atoms with van der Waals surface area (Å²) in [6.45, 7) is 4.95. The number of hydrogen-bond acceptors (Lipinski definition) is 4. The van der Waals surface area contributed by atoms with Crippen LogP contribution in [-0.2, 0) is 26.5 Å². The zero-order valence-electron chi connectivity index (χ0n) is 16.8. The molecule has 1 aliphatic heterocycles. The van der Waals surface area contributed by atoms with Gasteiger partial charge in [0.1, 0.15) is 0 Å². The molecule has 0 aromatic heterocycles. The molecule has 0 N–H and O–H groups in total. The molecule has 1 saturated heterocycles. The molecule has 1 aliphatic carbocycles. The fourth-order valence-electron chi connectivity index (χ4n) is 4.35. The molecule has 0 radical (unpaired) electrons. The SMILES string of the molecule is C=CCN([C@H]1CCc2ccccc21)S(=O)(=O)c1ccc(S(=O)(=O)N2CCCC2)cc1. The van der Waals surface area contributed by atoms with Gasteiger partial charge in [0, 0.05) is 19.6 Å². The highest BCUT2D eigenvalue weighted by Crippen LogP contribution is 2.38. The first-order valence-corrected chi connectivity index (χ1v) is 13.0. The Balaban J connectivity index is 1.65. The van der Waals surface area contributed by atoms with E-state index in [0.717, 1.165) is 24.8 Å². The summed E-state index contributed by atoms with van der Waals surface area (Å²) in [7, 11) is -7.40. The van der Waals surface area contributed by atoms with Crippen molar-refractivity contribution in [3.05, 3.63) is 72.3 Å². The van der Waals surface area contributed by atoms with Crippen LogP contribution in [0, 0.1) is 0 Å². The van der Waals surface area contributed by atoms with E-state index in [1.807, 2.05) is 24.3 Å². The Morgan fingerprint density at radius 1 is 0.967 bits per heavy atom. The van der Waals surface area contributed by atoms with Crippen molar-refractivity contribution in [2.45, 2.75) is 41.5 Å². The van der Waals surface area contributed by atoms with Crippen molar-refractivity contribution in [2.75, 3.05) is 19.6 Å². The average Bonchev–Trinajstić information content (AvgIpc) is 3.43. The third kappa shape index (κ3) is 3.73. The van der Waals surface area contributed by atoms with Crippen LogP contribution in [0.2, 0.25) is 0 Å². The lowest BCUT2D eigenvalue weighted by atomic mass is 10.1. The van der Waals surface area contributed by atoms with Gasteiger partial charge in [-0.25, -0.2) is 16.8 Å². The van der Waals surface area contributed by atoms with Gasteiger partial charge in [-0.15, -0.1) is 6.58 Å². The van der Waals surface area contributed by atoms with E-state index in [2.05, 4.69) is 6.58 Å². The Bertz CT molecular complexity index is 1140. The number of rotatable bonds is 7. The highest BCUT2D eigenvalue weighted by atomic mass is 32.2. The Labute approximate surface area is 178 Å². The van der Waals surface area contributed by atoms with Gasteiger partial charge >= 0.3 is 0 Å². The van der Waals surface area contributed by atoms with Crippen molar-refractivity contribution >= 4 is 20.0 Å². The van der Waals surface area contributed by atoms with Crippen molar-refractivity contribution in [2.24, 2.45) is 0 Å². The minimum absolute atomic E-state index is 0.0918. The van der Waals surface area contributed by atoms with E-state index in [1.54, 1.807) is 6.08 Å². The van der Waals surface area contributed by atoms with Gasteiger partial charge in [0.15, 0.2) is 0 Å². The van der Waals surface area contributed by atoms with Gasteiger partial charge in [0.2, 0.25) is 20.0 Å². The fraction of sp³-hybridized carbons (Fsp3) is 0.364. The summed E-state index contributed by atoms with van der Waals surface area (Å²) in [6.07, 6.45) is 4.84.